The van der Waals surface area contributed by atoms with E-state index in [9.17, 15) is 14.9 Å². The third kappa shape index (κ3) is 3.53. The van der Waals surface area contributed by atoms with Gasteiger partial charge in [0.25, 0.3) is 11.6 Å². The summed E-state index contributed by atoms with van der Waals surface area (Å²) in [5, 5.41) is 19.7. The molecule has 2 aromatic rings. The zero-order chi connectivity index (χ0) is 15.2. The number of hydrogen-bond acceptors (Lipinski definition) is 7. The van der Waals surface area contributed by atoms with Gasteiger partial charge in [-0.2, -0.15) is 4.98 Å². The number of nitro benzene ring substituents is 1. The van der Waals surface area contributed by atoms with Crippen LogP contribution in [-0.2, 0) is 6.42 Å². The minimum Gasteiger partial charge on any atom is -0.387 e. The first-order valence-electron chi connectivity index (χ1n) is 6.11. The van der Waals surface area contributed by atoms with Crippen LogP contribution in [0.15, 0.2) is 29.0 Å². The van der Waals surface area contributed by atoms with Crippen LogP contribution in [0.25, 0.3) is 0 Å². The molecule has 21 heavy (non-hydrogen) atoms. The van der Waals surface area contributed by atoms with Crippen LogP contribution in [-0.4, -0.2) is 34.6 Å². The number of nitrogens with zero attached hydrogens (tertiary/aromatic N) is 3. The number of aromatic nitrogens is 2. The van der Waals surface area contributed by atoms with Crippen molar-refractivity contribution in [2.24, 2.45) is 0 Å². The number of non-ortho nitro benzene ring substituents is 1. The van der Waals surface area contributed by atoms with E-state index in [-0.39, 0.29) is 17.8 Å². The first-order valence-corrected chi connectivity index (χ1v) is 6.11. The molecule has 0 fully saturated rings. The Morgan fingerprint density at radius 1 is 1.48 bits per heavy atom. The predicted octanol–water partition coefficient (Wildman–Crippen LogP) is 0.992. The average Bonchev–Trinajstić information content (AvgIpc) is 2.99. The van der Waals surface area contributed by atoms with Crippen molar-refractivity contribution >= 4 is 17.3 Å². The van der Waals surface area contributed by atoms with Crippen LogP contribution in [0.4, 0.5) is 11.4 Å². The number of hydrogen-bond donors (Lipinski definition) is 2. The lowest BCUT2D eigenvalue weighted by molar-refractivity contribution is -0.384. The molecule has 0 radical (unpaired) electrons. The van der Waals surface area contributed by atoms with Crippen molar-refractivity contribution in [2.75, 3.05) is 18.9 Å². The quantitative estimate of drug-likeness (QED) is 0.600. The number of carbonyl (C=O) groups excluding carboxylic acids is 1. The molecule has 2 rings (SSSR count). The Hall–Kier alpha value is -2.97. The summed E-state index contributed by atoms with van der Waals surface area (Å²) in [6.07, 6.45) is 1.66. The number of carbonyl (C=O) groups is 1. The zero-order valence-electron chi connectivity index (χ0n) is 11.2. The lowest BCUT2D eigenvalue weighted by atomic mass is 10.1. The van der Waals surface area contributed by atoms with Gasteiger partial charge in [0.05, 0.1) is 10.5 Å². The Morgan fingerprint density at radius 2 is 2.29 bits per heavy atom. The molecule has 9 heteroatoms. The zero-order valence-corrected chi connectivity index (χ0v) is 11.2. The molecule has 2 N–H and O–H groups in total. The highest BCUT2D eigenvalue weighted by Gasteiger charge is 2.16. The molecule has 0 saturated carbocycles. The van der Waals surface area contributed by atoms with Crippen molar-refractivity contribution in [2.45, 2.75) is 6.42 Å². The highest BCUT2D eigenvalue weighted by Crippen LogP contribution is 2.21. The molecular weight excluding hydrogens is 278 g/mol. The molecule has 1 amide bonds. The molecule has 0 aliphatic heterocycles. The molecule has 0 atom stereocenters. The van der Waals surface area contributed by atoms with Gasteiger partial charge in [0.2, 0.25) is 5.89 Å². The smallest absolute Gasteiger partial charge is 0.270 e. The summed E-state index contributed by atoms with van der Waals surface area (Å²) in [5.41, 5.74) is 0.573. The fourth-order valence-corrected chi connectivity index (χ4v) is 1.74. The molecular formula is C12H13N5O4. The van der Waals surface area contributed by atoms with E-state index < -0.39 is 10.8 Å². The number of rotatable bonds is 6. The first-order chi connectivity index (χ1) is 10.1. The standard InChI is InChI=1S/C12H13N5O4/c1-13-10-3-2-8(17(19)20)6-9(10)12(18)14-5-4-11-15-7-16-21-11/h2-3,6-7,13H,4-5H2,1H3,(H,14,18). The molecule has 1 aromatic heterocycles. The Morgan fingerprint density at radius 3 is 2.90 bits per heavy atom. The largest absolute Gasteiger partial charge is 0.387 e. The Bertz CT molecular complexity index is 641. The van der Waals surface area contributed by atoms with Gasteiger partial charge >= 0.3 is 0 Å². The Balaban J connectivity index is 2.06. The van der Waals surface area contributed by atoms with E-state index in [1.165, 1.54) is 24.5 Å². The number of anilines is 1. The van der Waals surface area contributed by atoms with Crippen LogP contribution in [0.1, 0.15) is 16.2 Å². The van der Waals surface area contributed by atoms with Gasteiger partial charge in [-0.05, 0) is 6.07 Å². The van der Waals surface area contributed by atoms with Crippen LogP contribution in [0.5, 0.6) is 0 Å². The minimum absolute atomic E-state index is 0.143. The molecule has 1 aromatic carbocycles. The minimum atomic E-state index is -0.547. The van der Waals surface area contributed by atoms with Gasteiger partial charge in [-0.1, -0.05) is 5.16 Å². The lowest BCUT2D eigenvalue weighted by Crippen LogP contribution is -2.26. The summed E-state index contributed by atoms with van der Waals surface area (Å²) in [7, 11) is 1.64. The van der Waals surface area contributed by atoms with Gasteiger partial charge in [0, 0.05) is 37.8 Å². The van der Waals surface area contributed by atoms with Crippen LogP contribution in [0, 0.1) is 10.1 Å². The highest BCUT2D eigenvalue weighted by atomic mass is 16.6. The van der Waals surface area contributed by atoms with E-state index in [1.54, 1.807) is 7.05 Å². The van der Waals surface area contributed by atoms with Gasteiger partial charge in [0.15, 0.2) is 6.33 Å². The molecule has 1 heterocycles. The highest BCUT2D eigenvalue weighted by molar-refractivity contribution is 6.00. The summed E-state index contributed by atoms with van der Waals surface area (Å²) in [5.74, 6) is -0.00857. The third-order valence-corrected chi connectivity index (χ3v) is 2.76. The number of nitrogens with one attached hydrogen (secondary N) is 2. The van der Waals surface area contributed by atoms with Gasteiger partial charge in [-0.3, -0.25) is 14.9 Å². The third-order valence-electron chi connectivity index (χ3n) is 2.76. The van der Waals surface area contributed by atoms with Gasteiger partial charge in [0.1, 0.15) is 0 Å². The van der Waals surface area contributed by atoms with Gasteiger partial charge in [-0.25, -0.2) is 0 Å². The van der Waals surface area contributed by atoms with Crippen LogP contribution >= 0.6 is 0 Å². The van der Waals surface area contributed by atoms with E-state index in [1.807, 2.05) is 0 Å². The van der Waals surface area contributed by atoms with Crippen LogP contribution in [0.2, 0.25) is 0 Å². The van der Waals surface area contributed by atoms with E-state index in [0.29, 0.717) is 18.0 Å². The maximum Gasteiger partial charge on any atom is 0.270 e. The Labute approximate surface area is 119 Å². The second-order valence-corrected chi connectivity index (χ2v) is 4.08. The summed E-state index contributed by atoms with van der Waals surface area (Å²) >= 11 is 0. The summed E-state index contributed by atoms with van der Waals surface area (Å²) in [4.78, 5) is 26.1. The van der Waals surface area contributed by atoms with Crippen molar-refractivity contribution in [3.05, 3.63) is 46.1 Å². The monoisotopic (exact) mass is 291 g/mol. The van der Waals surface area contributed by atoms with E-state index in [0.717, 1.165) is 0 Å². The first kappa shape index (κ1) is 14.4. The molecule has 0 bridgehead atoms. The maximum absolute atomic E-state index is 12.1. The van der Waals surface area contributed by atoms with Crippen molar-refractivity contribution in [1.82, 2.24) is 15.5 Å². The fourth-order valence-electron chi connectivity index (χ4n) is 1.74. The molecule has 0 unspecified atom stereocenters. The number of benzene rings is 1. The fraction of sp³-hybridized carbons (Fsp3) is 0.250. The van der Waals surface area contributed by atoms with Crippen molar-refractivity contribution in [1.29, 1.82) is 0 Å². The lowest BCUT2D eigenvalue weighted by Gasteiger charge is -2.09. The van der Waals surface area contributed by atoms with E-state index >= 15 is 0 Å². The Kier molecular flexibility index (Phi) is 4.44. The number of nitro groups is 1. The van der Waals surface area contributed by atoms with E-state index in [2.05, 4.69) is 20.8 Å². The molecule has 0 aliphatic rings. The van der Waals surface area contributed by atoms with Gasteiger partial charge in [-0.15, -0.1) is 0 Å². The molecule has 0 spiro atoms. The maximum atomic E-state index is 12.1. The topological polar surface area (TPSA) is 123 Å². The van der Waals surface area contributed by atoms with E-state index in [4.69, 9.17) is 4.52 Å². The second kappa shape index (κ2) is 6.46. The molecule has 0 saturated heterocycles. The average molecular weight is 291 g/mol. The second-order valence-electron chi connectivity index (χ2n) is 4.08. The normalized spacial score (nSPS) is 10.1. The molecule has 110 valence electrons. The summed E-state index contributed by atoms with van der Waals surface area (Å²) in [6.45, 7) is 0.285. The summed E-state index contributed by atoms with van der Waals surface area (Å²) in [6, 6.07) is 4.06. The SMILES string of the molecule is CNc1ccc([N+](=O)[O-])cc1C(=O)NCCc1ncno1. The van der Waals surface area contributed by atoms with Crippen molar-refractivity contribution in [3.63, 3.8) is 0 Å². The summed E-state index contributed by atoms with van der Waals surface area (Å²) < 4.78 is 4.80. The van der Waals surface area contributed by atoms with Crippen molar-refractivity contribution < 1.29 is 14.2 Å². The molecule has 0 aliphatic carbocycles. The van der Waals surface area contributed by atoms with Crippen LogP contribution in [0.3, 0.4) is 0 Å². The number of amides is 1. The molecule has 9 nitrogen and oxygen atoms in total. The predicted molar refractivity (Wildman–Crippen MR) is 73.0 cm³/mol. The van der Waals surface area contributed by atoms with Crippen LogP contribution < -0.4 is 10.6 Å². The van der Waals surface area contributed by atoms with Crippen molar-refractivity contribution in [3.8, 4) is 0 Å². The van der Waals surface area contributed by atoms with Gasteiger partial charge < -0.3 is 15.2 Å².